The number of piperidine rings is 1. The summed E-state index contributed by atoms with van der Waals surface area (Å²) in [6, 6.07) is 11.0. The van der Waals surface area contributed by atoms with Crippen LogP contribution in [0.25, 0.3) is 22.0 Å². The molecular formula is C26H29N2O3+. The highest BCUT2D eigenvalue weighted by molar-refractivity contribution is 5.98. The SMILES string of the molecule is COc1ccc2cc3[n+](cc2c1N1CCC(C)CC1)CCc1cc2c(cc1-3)OCCO2. The van der Waals surface area contributed by atoms with Gasteiger partial charge in [0.25, 0.3) is 0 Å². The quantitative estimate of drug-likeness (QED) is 0.580. The minimum atomic E-state index is 0.612. The maximum absolute atomic E-state index is 5.87. The lowest BCUT2D eigenvalue weighted by Crippen LogP contribution is -2.40. The highest BCUT2D eigenvalue weighted by atomic mass is 16.6. The molecule has 3 aromatic rings. The van der Waals surface area contributed by atoms with E-state index >= 15 is 0 Å². The number of aromatic nitrogens is 1. The summed E-state index contributed by atoms with van der Waals surface area (Å²) in [5, 5.41) is 2.53. The van der Waals surface area contributed by atoms with Crippen molar-refractivity contribution in [2.24, 2.45) is 5.92 Å². The zero-order chi connectivity index (χ0) is 20.9. The smallest absolute Gasteiger partial charge is 0.213 e. The van der Waals surface area contributed by atoms with E-state index in [4.69, 9.17) is 14.2 Å². The highest BCUT2D eigenvalue weighted by Crippen LogP contribution is 2.42. The normalized spacial score (nSPS) is 17.9. The first-order valence-electron chi connectivity index (χ1n) is 11.4. The molecule has 0 saturated carbocycles. The van der Waals surface area contributed by atoms with Crippen LogP contribution in [-0.4, -0.2) is 33.4 Å². The van der Waals surface area contributed by atoms with Crippen molar-refractivity contribution in [2.75, 3.05) is 38.3 Å². The van der Waals surface area contributed by atoms with Gasteiger partial charge in [-0.15, -0.1) is 0 Å². The third-order valence-electron chi connectivity index (χ3n) is 7.09. The van der Waals surface area contributed by atoms with Crippen LogP contribution in [0.5, 0.6) is 17.2 Å². The van der Waals surface area contributed by atoms with Crippen molar-refractivity contribution in [3.05, 3.63) is 42.1 Å². The van der Waals surface area contributed by atoms with Gasteiger partial charge in [-0.3, -0.25) is 0 Å². The largest absolute Gasteiger partial charge is 0.495 e. The molecule has 0 N–H and O–H groups in total. The van der Waals surface area contributed by atoms with E-state index in [9.17, 15) is 0 Å². The van der Waals surface area contributed by atoms with Crippen LogP contribution >= 0.6 is 0 Å². The van der Waals surface area contributed by atoms with E-state index in [0.717, 1.165) is 49.2 Å². The van der Waals surface area contributed by atoms with Gasteiger partial charge in [0.05, 0.1) is 23.7 Å². The van der Waals surface area contributed by atoms with E-state index in [2.05, 4.69) is 52.9 Å². The van der Waals surface area contributed by atoms with E-state index < -0.39 is 0 Å². The van der Waals surface area contributed by atoms with Gasteiger partial charge in [0, 0.05) is 25.6 Å². The lowest BCUT2D eigenvalue weighted by molar-refractivity contribution is -0.686. The van der Waals surface area contributed by atoms with Crippen molar-refractivity contribution in [1.29, 1.82) is 0 Å². The van der Waals surface area contributed by atoms with Crippen molar-refractivity contribution < 1.29 is 18.8 Å². The van der Waals surface area contributed by atoms with Gasteiger partial charge in [-0.2, -0.15) is 4.57 Å². The Morgan fingerprint density at radius 2 is 1.81 bits per heavy atom. The van der Waals surface area contributed by atoms with Crippen molar-refractivity contribution >= 4 is 16.5 Å². The number of pyridine rings is 1. The molecule has 0 bridgehead atoms. The van der Waals surface area contributed by atoms with E-state index in [1.54, 1.807) is 7.11 Å². The molecule has 1 aromatic heterocycles. The Hall–Kier alpha value is -2.95. The molecular weight excluding hydrogens is 388 g/mol. The van der Waals surface area contributed by atoms with Crippen LogP contribution in [0, 0.1) is 5.92 Å². The van der Waals surface area contributed by atoms with Crippen LogP contribution in [0.4, 0.5) is 5.69 Å². The van der Waals surface area contributed by atoms with Gasteiger partial charge < -0.3 is 19.1 Å². The number of nitrogens with zero attached hydrogens (tertiary/aromatic N) is 2. The monoisotopic (exact) mass is 417 g/mol. The Balaban J connectivity index is 1.50. The number of aryl methyl sites for hydroxylation is 2. The molecule has 0 aliphatic carbocycles. The molecule has 1 saturated heterocycles. The molecule has 160 valence electrons. The number of fused-ring (bicyclic) bond motifs is 5. The van der Waals surface area contributed by atoms with Crippen molar-refractivity contribution in [1.82, 2.24) is 0 Å². The molecule has 31 heavy (non-hydrogen) atoms. The number of rotatable bonds is 2. The van der Waals surface area contributed by atoms with Gasteiger partial charge in [0.1, 0.15) is 19.0 Å². The molecule has 4 heterocycles. The maximum Gasteiger partial charge on any atom is 0.213 e. The Kier molecular flexibility index (Phi) is 4.44. The van der Waals surface area contributed by atoms with Crippen molar-refractivity contribution in [3.8, 4) is 28.5 Å². The second-order valence-corrected chi connectivity index (χ2v) is 9.04. The number of hydrogen-bond donors (Lipinski definition) is 0. The molecule has 1 fully saturated rings. The summed E-state index contributed by atoms with van der Waals surface area (Å²) in [5.41, 5.74) is 5.08. The first-order valence-corrected chi connectivity index (χ1v) is 11.4. The Labute approximate surface area is 183 Å². The topological polar surface area (TPSA) is 34.8 Å². The molecule has 0 unspecified atom stereocenters. The fourth-order valence-corrected chi connectivity index (χ4v) is 5.28. The highest BCUT2D eigenvalue weighted by Gasteiger charge is 2.29. The predicted molar refractivity (Wildman–Crippen MR) is 121 cm³/mol. The fourth-order valence-electron chi connectivity index (χ4n) is 5.28. The summed E-state index contributed by atoms with van der Waals surface area (Å²) in [6.07, 6.45) is 5.80. The molecule has 0 amide bonds. The van der Waals surface area contributed by atoms with Crippen molar-refractivity contribution in [3.63, 3.8) is 0 Å². The number of benzene rings is 2. The summed E-state index contributed by atoms with van der Waals surface area (Å²) < 4.78 is 19.9. The summed E-state index contributed by atoms with van der Waals surface area (Å²) in [4.78, 5) is 2.52. The van der Waals surface area contributed by atoms with Crippen LogP contribution in [-0.2, 0) is 13.0 Å². The van der Waals surface area contributed by atoms with Crippen LogP contribution in [0.1, 0.15) is 25.3 Å². The van der Waals surface area contributed by atoms with E-state index in [-0.39, 0.29) is 0 Å². The molecule has 0 radical (unpaired) electrons. The zero-order valence-corrected chi connectivity index (χ0v) is 18.3. The molecule has 6 rings (SSSR count). The van der Waals surface area contributed by atoms with E-state index in [0.29, 0.717) is 13.2 Å². The Morgan fingerprint density at radius 1 is 1.03 bits per heavy atom. The molecule has 2 aromatic carbocycles. The van der Waals surface area contributed by atoms with Crippen LogP contribution < -0.4 is 23.7 Å². The third kappa shape index (κ3) is 3.10. The number of ether oxygens (including phenoxy) is 3. The molecule has 3 aliphatic rings. The first-order chi connectivity index (χ1) is 15.2. The summed E-state index contributed by atoms with van der Waals surface area (Å²) in [7, 11) is 1.78. The zero-order valence-electron chi connectivity index (χ0n) is 18.3. The van der Waals surface area contributed by atoms with Crippen LogP contribution in [0.15, 0.2) is 36.5 Å². The molecule has 5 heteroatoms. The molecule has 5 nitrogen and oxygen atoms in total. The van der Waals surface area contributed by atoms with Gasteiger partial charge in [-0.05, 0) is 47.9 Å². The second-order valence-electron chi connectivity index (χ2n) is 9.04. The Morgan fingerprint density at radius 3 is 2.58 bits per heavy atom. The van der Waals surface area contributed by atoms with Gasteiger partial charge in [0.2, 0.25) is 5.69 Å². The van der Waals surface area contributed by atoms with Gasteiger partial charge >= 0.3 is 0 Å². The summed E-state index contributed by atoms with van der Waals surface area (Å²) in [5.74, 6) is 3.51. The third-order valence-corrected chi connectivity index (χ3v) is 7.09. The Bertz CT molecular complexity index is 1170. The summed E-state index contributed by atoms with van der Waals surface area (Å²) in [6.45, 7) is 6.73. The average Bonchev–Trinajstić information content (AvgIpc) is 2.81. The molecule has 0 spiro atoms. The predicted octanol–water partition coefficient (Wildman–Crippen LogP) is 4.37. The minimum absolute atomic E-state index is 0.612. The lowest BCUT2D eigenvalue weighted by atomic mass is 9.94. The van der Waals surface area contributed by atoms with E-state index in [1.165, 1.54) is 46.1 Å². The van der Waals surface area contributed by atoms with Crippen LogP contribution in [0.2, 0.25) is 0 Å². The number of methoxy groups -OCH3 is 1. The minimum Gasteiger partial charge on any atom is -0.495 e. The van der Waals surface area contributed by atoms with Gasteiger partial charge in [0.15, 0.2) is 24.2 Å². The number of hydrogen-bond acceptors (Lipinski definition) is 4. The lowest BCUT2D eigenvalue weighted by Gasteiger charge is -2.33. The fraction of sp³-hybridized carbons (Fsp3) is 0.423. The first kappa shape index (κ1) is 18.8. The van der Waals surface area contributed by atoms with Crippen molar-refractivity contribution in [2.45, 2.75) is 32.7 Å². The summed E-state index contributed by atoms with van der Waals surface area (Å²) >= 11 is 0. The van der Waals surface area contributed by atoms with Gasteiger partial charge in [-0.1, -0.05) is 13.0 Å². The van der Waals surface area contributed by atoms with Crippen LogP contribution in [0.3, 0.4) is 0 Å². The number of anilines is 1. The van der Waals surface area contributed by atoms with E-state index in [1.807, 2.05) is 0 Å². The second kappa shape index (κ2) is 7.33. The standard InChI is InChI=1S/C26H29N2O3/c1-17-5-8-27(9-6-17)26-21-16-28-10-7-19-14-24-25(31-12-11-30-24)15-20(19)22(28)13-18(21)3-4-23(26)29-2/h3-4,13-17H,5-12H2,1-2H3/q+1. The maximum atomic E-state index is 5.87. The molecule has 0 atom stereocenters. The van der Waals surface area contributed by atoms with Gasteiger partial charge in [-0.25, -0.2) is 0 Å². The average molecular weight is 418 g/mol. The molecule has 3 aliphatic heterocycles.